The molecule has 4 rings (SSSR count). The van der Waals surface area contributed by atoms with Gasteiger partial charge in [0.2, 0.25) is 0 Å². The van der Waals surface area contributed by atoms with Gasteiger partial charge in [-0.3, -0.25) is 0 Å². The smallest absolute Gasteiger partial charge is 0.0543 e. The highest BCUT2D eigenvalue weighted by Gasteiger charge is 2.57. The van der Waals surface area contributed by atoms with E-state index in [2.05, 4.69) is 13.8 Å². The Morgan fingerprint density at radius 2 is 1.70 bits per heavy atom. The van der Waals surface area contributed by atoms with Gasteiger partial charge in [-0.1, -0.05) is 20.3 Å². The van der Waals surface area contributed by atoms with E-state index in [1.165, 1.54) is 51.4 Å². The zero-order valence-corrected chi connectivity index (χ0v) is 13.4. The predicted octanol–water partition coefficient (Wildman–Crippen LogP) is 4.78. The lowest BCUT2D eigenvalue weighted by Gasteiger charge is -2.60. The van der Waals surface area contributed by atoms with Crippen LogP contribution in [0.15, 0.2) is 0 Å². The first-order valence-corrected chi connectivity index (χ1v) is 9.21. The molecule has 0 bridgehead atoms. The van der Waals surface area contributed by atoms with E-state index in [9.17, 15) is 5.11 Å². The van der Waals surface area contributed by atoms with Crippen molar-refractivity contribution in [1.29, 1.82) is 0 Å². The molecule has 0 aromatic rings. The number of hydrogen-bond acceptors (Lipinski definition) is 1. The third-order valence-electron chi connectivity index (χ3n) is 8.42. The van der Waals surface area contributed by atoms with E-state index in [4.69, 9.17) is 0 Å². The van der Waals surface area contributed by atoms with Crippen LogP contribution in [-0.4, -0.2) is 11.2 Å². The van der Waals surface area contributed by atoms with Gasteiger partial charge in [0.05, 0.1) is 6.10 Å². The van der Waals surface area contributed by atoms with Gasteiger partial charge in [-0.25, -0.2) is 0 Å². The molecule has 0 aromatic heterocycles. The van der Waals surface area contributed by atoms with E-state index < -0.39 is 0 Å². The first-order valence-electron chi connectivity index (χ1n) is 9.21. The lowest BCUT2D eigenvalue weighted by Crippen LogP contribution is -2.53. The minimum atomic E-state index is 0.00459. The van der Waals surface area contributed by atoms with Gasteiger partial charge in [-0.2, -0.15) is 0 Å². The van der Waals surface area contributed by atoms with Crippen molar-refractivity contribution in [2.45, 2.75) is 84.2 Å². The second-order valence-corrected chi connectivity index (χ2v) is 9.17. The molecule has 4 aliphatic rings. The maximum Gasteiger partial charge on any atom is 0.0543 e. The Morgan fingerprint density at radius 3 is 2.55 bits per heavy atom. The molecule has 1 N–H and O–H groups in total. The quantitative estimate of drug-likeness (QED) is 0.675. The highest BCUT2D eigenvalue weighted by atomic mass is 16.3. The van der Waals surface area contributed by atoms with Crippen molar-refractivity contribution >= 4 is 0 Å². The summed E-state index contributed by atoms with van der Waals surface area (Å²) in [6.07, 6.45) is 13.8. The van der Waals surface area contributed by atoms with Crippen molar-refractivity contribution in [3.05, 3.63) is 0 Å². The summed E-state index contributed by atoms with van der Waals surface area (Å²) in [4.78, 5) is 0. The number of aliphatic hydroxyl groups excluding tert-OH is 1. The molecule has 0 amide bonds. The van der Waals surface area contributed by atoms with Crippen LogP contribution >= 0.6 is 0 Å². The summed E-state index contributed by atoms with van der Waals surface area (Å²) < 4.78 is 0. The van der Waals surface area contributed by atoms with Gasteiger partial charge in [0.15, 0.2) is 0 Å². The fraction of sp³-hybridized carbons (Fsp3) is 1.00. The molecule has 4 aliphatic carbocycles. The average Bonchev–Trinajstić information content (AvgIpc) is 2.81. The van der Waals surface area contributed by atoms with Gasteiger partial charge in [0.25, 0.3) is 0 Å². The van der Waals surface area contributed by atoms with Gasteiger partial charge < -0.3 is 5.11 Å². The second kappa shape index (κ2) is 4.48. The van der Waals surface area contributed by atoms with Crippen molar-refractivity contribution in [1.82, 2.24) is 0 Å². The SMILES string of the molecule is C[C@]12CCC[C@H]1[C@@H]1CC[C@@H]3C[C@H](O)CC[C@]3(C)[C@@H]1CC2. The van der Waals surface area contributed by atoms with Gasteiger partial charge in [-0.05, 0) is 92.3 Å². The number of aliphatic hydroxyl groups is 1. The first-order chi connectivity index (χ1) is 9.53. The summed E-state index contributed by atoms with van der Waals surface area (Å²) in [5, 5.41) is 10.0. The Hall–Kier alpha value is -0.0400. The van der Waals surface area contributed by atoms with Crippen LogP contribution in [0, 0.1) is 34.5 Å². The summed E-state index contributed by atoms with van der Waals surface area (Å²) in [5.41, 5.74) is 1.25. The summed E-state index contributed by atoms with van der Waals surface area (Å²) >= 11 is 0. The molecule has 0 radical (unpaired) electrons. The molecule has 0 aliphatic heterocycles. The standard InChI is InChI=1S/C19H32O/c1-18-9-3-4-16(18)15-6-5-13-12-14(20)7-11-19(13,2)17(15)8-10-18/h13-17,20H,3-12H2,1-2H3/t13-,14-,15+,16+,17-,18-,19+/m1/s1. The molecule has 4 fully saturated rings. The topological polar surface area (TPSA) is 20.2 Å². The Kier molecular flexibility index (Phi) is 3.05. The molecule has 0 spiro atoms. The van der Waals surface area contributed by atoms with Gasteiger partial charge in [0.1, 0.15) is 0 Å². The van der Waals surface area contributed by atoms with E-state index in [0.717, 1.165) is 36.5 Å². The zero-order chi connectivity index (χ0) is 14.0. The highest BCUT2D eigenvalue weighted by molar-refractivity contribution is 5.07. The van der Waals surface area contributed by atoms with E-state index in [0.29, 0.717) is 10.8 Å². The maximum atomic E-state index is 10.0. The molecule has 20 heavy (non-hydrogen) atoms. The summed E-state index contributed by atoms with van der Waals surface area (Å²) in [5.74, 6) is 3.85. The second-order valence-electron chi connectivity index (χ2n) is 9.17. The molecule has 4 saturated carbocycles. The third kappa shape index (κ3) is 1.77. The molecular weight excluding hydrogens is 244 g/mol. The van der Waals surface area contributed by atoms with Crippen LogP contribution in [0.2, 0.25) is 0 Å². The molecule has 1 nitrogen and oxygen atoms in total. The monoisotopic (exact) mass is 276 g/mol. The highest BCUT2D eigenvalue weighted by Crippen LogP contribution is 2.66. The van der Waals surface area contributed by atoms with E-state index in [1.807, 2.05) is 0 Å². The minimum Gasteiger partial charge on any atom is -0.393 e. The largest absolute Gasteiger partial charge is 0.393 e. The van der Waals surface area contributed by atoms with Crippen molar-refractivity contribution in [3.63, 3.8) is 0 Å². The van der Waals surface area contributed by atoms with E-state index in [1.54, 1.807) is 0 Å². The summed E-state index contributed by atoms with van der Waals surface area (Å²) in [6.45, 7) is 5.19. The van der Waals surface area contributed by atoms with Crippen molar-refractivity contribution < 1.29 is 5.11 Å². The molecule has 0 unspecified atom stereocenters. The van der Waals surface area contributed by atoms with E-state index in [-0.39, 0.29) is 6.10 Å². The van der Waals surface area contributed by atoms with Crippen LogP contribution in [0.25, 0.3) is 0 Å². The molecule has 7 atom stereocenters. The fourth-order valence-corrected chi connectivity index (χ4v) is 7.23. The summed E-state index contributed by atoms with van der Waals surface area (Å²) in [6, 6.07) is 0. The van der Waals surface area contributed by atoms with Crippen LogP contribution in [0.4, 0.5) is 0 Å². The van der Waals surface area contributed by atoms with Crippen LogP contribution in [0.1, 0.15) is 78.1 Å². The predicted molar refractivity (Wildman–Crippen MR) is 82.4 cm³/mol. The Balaban J connectivity index is 1.62. The van der Waals surface area contributed by atoms with Crippen LogP contribution < -0.4 is 0 Å². The molecule has 0 saturated heterocycles. The molecule has 0 heterocycles. The minimum absolute atomic E-state index is 0.00459. The fourth-order valence-electron chi connectivity index (χ4n) is 7.23. The summed E-state index contributed by atoms with van der Waals surface area (Å²) in [7, 11) is 0. The number of hydrogen-bond donors (Lipinski definition) is 1. The maximum absolute atomic E-state index is 10.0. The Labute approximate surface area is 124 Å². The van der Waals surface area contributed by atoms with Crippen LogP contribution in [0.5, 0.6) is 0 Å². The number of fused-ring (bicyclic) bond motifs is 5. The van der Waals surface area contributed by atoms with Crippen molar-refractivity contribution in [2.75, 3.05) is 0 Å². The van der Waals surface area contributed by atoms with Gasteiger partial charge in [-0.15, -0.1) is 0 Å². The molecule has 1 heteroatoms. The Morgan fingerprint density at radius 1 is 0.850 bits per heavy atom. The van der Waals surface area contributed by atoms with Crippen LogP contribution in [0.3, 0.4) is 0 Å². The Bertz CT molecular complexity index is 391. The zero-order valence-electron chi connectivity index (χ0n) is 13.4. The lowest BCUT2D eigenvalue weighted by atomic mass is 9.45. The average molecular weight is 276 g/mol. The van der Waals surface area contributed by atoms with E-state index >= 15 is 0 Å². The van der Waals surface area contributed by atoms with Gasteiger partial charge in [0, 0.05) is 0 Å². The molecular formula is C19H32O. The first kappa shape index (κ1) is 13.6. The van der Waals surface area contributed by atoms with Crippen molar-refractivity contribution in [3.8, 4) is 0 Å². The van der Waals surface area contributed by atoms with Gasteiger partial charge >= 0.3 is 0 Å². The normalized spacial score (nSPS) is 58.6. The lowest BCUT2D eigenvalue weighted by molar-refractivity contribution is -0.120. The molecule has 0 aromatic carbocycles. The third-order valence-corrected chi connectivity index (χ3v) is 8.42. The van der Waals surface area contributed by atoms with Crippen LogP contribution in [-0.2, 0) is 0 Å². The molecule has 114 valence electrons. The van der Waals surface area contributed by atoms with Crippen molar-refractivity contribution in [2.24, 2.45) is 34.5 Å². The number of rotatable bonds is 0.